The number of hydrogen-bond donors (Lipinski definition) is 2. The van der Waals surface area contributed by atoms with E-state index in [1.54, 1.807) is 37.4 Å². The molecule has 0 bridgehead atoms. The number of hydrogen-bond acceptors (Lipinski definition) is 6. The molecule has 0 saturated carbocycles. The van der Waals surface area contributed by atoms with Gasteiger partial charge in [-0.2, -0.15) is 0 Å². The van der Waals surface area contributed by atoms with E-state index in [1.165, 1.54) is 19.4 Å². The van der Waals surface area contributed by atoms with E-state index < -0.39 is 10.0 Å². The maximum absolute atomic E-state index is 13.2. The standard InChI is InChI=1S/C22H21N3O5S/c1-29-17-6-3-14(4-7-17)15-5-8-20(30-2)21(11-15)31(27,28)25-16-12-18-19(24-13-16)9-10-23-22(18)26/h3-8,11-13,25H,9-10H2,1-2H3,(H,23,26). The average molecular weight is 439 g/mol. The maximum Gasteiger partial charge on any atom is 0.265 e. The summed E-state index contributed by atoms with van der Waals surface area (Å²) < 4.78 is 39.3. The molecule has 0 fully saturated rings. The average Bonchev–Trinajstić information content (AvgIpc) is 2.79. The molecule has 0 spiro atoms. The van der Waals surface area contributed by atoms with E-state index in [0.29, 0.717) is 35.5 Å². The van der Waals surface area contributed by atoms with Crippen molar-refractivity contribution in [1.29, 1.82) is 0 Å². The summed E-state index contributed by atoms with van der Waals surface area (Å²) in [6, 6.07) is 13.7. The number of carbonyl (C=O) groups excluding carboxylic acids is 1. The normalized spacial score (nSPS) is 13.2. The van der Waals surface area contributed by atoms with Crippen molar-refractivity contribution in [3.05, 3.63) is 66.0 Å². The van der Waals surface area contributed by atoms with Crippen molar-refractivity contribution in [3.63, 3.8) is 0 Å². The SMILES string of the molecule is COc1ccc(-c2ccc(OC)c(S(=O)(=O)Nc3cnc4c(c3)C(=O)NCC4)c2)cc1. The van der Waals surface area contributed by atoms with Gasteiger partial charge >= 0.3 is 0 Å². The Bertz CT molecular complexity index is 1240. The van der Waals surface area contributed by atoms with Crippen LogP contribution >= 0.6 is 0 Å². The Labute approximate surface area is 180 Å². The van der Waals surface area contributed by atoms with Gasteiger partial charge in [0.1, 0.15) is 16.4 Å². The second kappa shape index (κ2) is 8.27. The lowest BCUT2D eigenvalue weighted by Crippen LogP contribution is -2.32. The van der Waals surface area contributed by atoms with Gasteiger partial charge in [0.25, 0.3) is 15.9 Å². The van der Waals surface area contributed by atoms with Gasteiger partial charge < -0.3 is 14.8 Å². The van der Waals surface area contributed by atoms with Crippen molar-refractivity contribution in [1.82, 2.24) is 10.3 Å². The first-order valence-electron chi connectivity index (χ1n) is 9.53. The van der Waals surface area contributed by atoms with Gasteiger partial charge in [0.05, 0.1) is 37.4 Å². The summed E-state index contributed by atoms with van der Waals surface area (Å²) in [6.45, 7) is 0.513. The van der Waals surface area contributed by atoms with Gasteiger partial charge in [-0.15, -0.1) is 0 Å². The molecule has 4 rings (SSSR count). The summed E-state index contributed by atoms with van der Waals surface area (Å²) in [5, 5.41) is 2.73. The van der Waals surface area contributed by atoms with Gasteiger partial charge in [0.15, 0.2) is 0 Å². The summed E-state index contributed by atoms with van der Waals surface area (Å²) in [7, 11) is -1.02. The third-order valence-electron chi connectivity index (χ3n) is 4.99. The molecule has 1 aliphatic heterocycles. The summed E-state index contributed by atoms with van der Waals surface area (Å²) in [5.74, 6) is 0.637. The molecule has 1 amide bonds. The van der Waals surface area contributed by atoms with Crippen molar-refractivity contribution < 1.29 is 22.7 Å². The molecule has 160 valence electrons. The molecular weight excluding hydrogens is 418 g/mol. The quantitative estimate of drug-likeness (QED) is 0.612. The fourth-order valence-corrected chi connectivity index (χ4v) is 4.62. The Balaban J connectivity index is 1.70. The number of pyridine rings is 1. The Kier molecular flexibility index (Phi) is 5.51. The van der Waals surface area contributed by atoms with E-state index >= 15 is 0 Å². The van der Waals surface area contributed by atoms with Crippen molar-refractivity contribution >= 4 is 21.6 Å². The topological polar surface area (TPSA) is 107 Å². The van der Waals surface area contributed by atoms with Gasteiger partial charge in [-0.25, -0.2) is 8.42 Å². The zero-order valence-electron chi connectivity index (χ0n) is 17.0. The summed E-state index contributed by atoms with van der Waals surface area (Å²) in [5.41, 5.74) is 2.74. The van der Waals surface area contributed by atoms with Crippen LogP contribution in [0.15, 0.2) is 59.6 Å². The number of benzene rings is 2. The fourth-order valence-electron chi connectivity index (χ4n) is 3.39. The first-order valence-corrected chi connectivity index (χ1v) is 11.0. The molecular formula is C22H21N3O5S. The largest absolute Gasteiger partial charge is 0.497 e. The van der Waals surface area contributed by atoms with Crippen molar-refractivity contribution in [2.75, 3.05) is 25.5 Å². The number of fused-ring (bicyclic) bond motifs is 1. The van der Waals surface area contributed by atoms with E-state index in [4.69, 9.17) is 9.47 Å². The fraction of sp³-hybridized carbons (Fsp3) is 0.182. The molecule has 2 aromatic carbocycles. The van der Waals surface area contributed by atoms with Crippen LogP contribution in [0, 0.1) is 0 Å². The van der Waals surface area contributed by atoms with E-state index in [2.05, 4.69) is 15.0 Å². The zero-order chi connectivity index (χ0) is 22.0. The van der Waals surface area contributed by atoms with Crippen LogP contribution in [-0.4, -0.2) is 40.1 Å². The Hall–Kier alpha value is -3.59. The highest BCUT2D eigenvalue weighted by molar-refractivity contribution is 7.92. The third-order valence-corrected chi connectivity index (χ3v) is 6.39. The van der Waals surface area contributed by atoms with E-state index in [1.807, 2.05) is 12.1 Å². The van der Waals surface area contributed by atoms with E-state index in [-0.39, 0.29) is 22.2 Å². The van der Waals surface area contributed by atoms with Crippen molar-refractivity contribution in [2.24, 2.45) is 0 Å². The third kappa shape index (κ3) is 4.17. The van der Waals surface area contributed by atoms with Crippen LogP contribution < -0.4 is 19.5 Å². The number of nitrogens with zero attached hydrogens (tertiary/aromatic N) is 1. The number of amides is 1. The number of aromatic nitrogens is 1. The molecule has 9 heteroatoms. The smallest absolute Gasteiger partial charge is 0.265 e. The van der Waals surface area contributed by atoms with Gasteiger partial charge in [-0.3, -0.25) is 14.5 Å². The van der Waals surface area contributed by atoms with Crippen LogP contribution in [0.25, 0.3) is 11.1 Å². The van der Waals surface area contributed by atoms with Crippen LogP contribution in [0.1, 0.15) is 16.1 Å². The van der Waals surface area contributed by atoms with Gasteiger partial charge in [-0.05, 0) is 41.5 Å². The number of carbonyl (C=O) groups is 1. The lowest BCUT2D eigenvalue weighted by atomic mass is 10.1. The summed E-state index contributed by atoms with van der Waals surface area (Å²) in [6.07, 6.45) is 2.01. The first-order chi connectivity index (χ1) is 14.9. The maximum atomic E-state index is 13.2. The van der Waals surface area contributed by atoms with Gasteiger partial charge in [0, 0.05) is 13.0 Å². The minimum Gasteiger partial charge on any atom is -0.497 e. The monoisotopic (exact) mass is 439 g/mol. The predicted octanol–water partition coefficient (Wildman–Crippen LogP) is 2.85. The Morgan fingerprint density at radius 2 is 1.74 bits per heavy atom. The number of nitrogens with one attached hydrogen (secondary N) is 2. The molecule has 1 aromatic heterocycles. The molecule has 8 nitrogen and oxygen atoms in total. The number of methoxy groups -OCH3 is 2. The second-order valence-electron chi connectivity index (χ2n) is 6.92. The van der Waals surface area contributed by atoms with Crippen LogP contribution in [0.5, 0.6) is 11.5 Å². The molecule has 0 atom stereocenters. The first kappa shape index (κ1) is 20.7. The number of rotatable bonds is 6. The molecule has 0 aliphatic carbocycles. The number of anilines is 1. The summed E-state index contributed by atoms with van der Waals surface area (Å²) >= 11 is 0. The minimum atomic E-state index is -4.01. The highest BCUT2D eigenvalue weighted by atomic mass is 32.2. The molecule has 1 aliphatic rings. The van der Waals surface area contributed by atoms with E-state index in [9.17, 15) is 13.2 Å². The van der Waals surface area contributed by atoms with E-state index in [0.717, 1.165) is 5.56 Å². The highest BCUT2D eigenvalue weighted by Gasteiger charge is 2.23. The summed E-state index contributed by atoms with van der Waals surface area (Å²) in [4.78, 5) is 16.3. The second-order valence-corrected chi connectivity index (χ2v) is 8.57. The van der Waals surface area contributed by atoms with Gasteiger partial charge in [-0.1, -0.05) is 18.2 Å². The van der Waals surface area contributed by atoms with Crippen molar-refractivity contribution in [2.45, 2.75) is 11.3 Å². The molecule has 2 N–H and O–H groups in total. The number of ether oxygens (including phenoxy) is 2. The van der Waals surface area contributed by atoms with Crippen molar-refractivity contribution in [3.8, 4) is 22.6 Å². The molecule has 0 unspecified atom stereocenters. The molecule has 31 heavy (non-hydrogen) atoms. The molecule has 0 radical (unpaired) electrons. The van der Waals surface area contributed by atoms with Crippen LogP contribution in [0.2, 0.25) is 0 Å². The lowest BCUT2D eigenvalue weighted by molar-refractivity contribution is 0.0945. The minimum absolute atomic E-state index is 0.0227. The lowest BCUT2D eigenvalue weighted by Gasteiger charge is -2.17. The Morgan fingerprint density at radius 1 is 1.00 bits per heavy atom. The van der Waals surface area contributed by atoms with Crippen LogP contribution in [-0.2, 0) is 16.4 Å². The number of sulfonamides is 1. The molecule has 0 saturated heterocycles. The van der Waals surface area contributed by atoms with Crippen LogP contribution in [0.4, 0.5) is 5.69 Å². The molecule has 3 aromatic rings. The zero-order valence-corrected chi connectivity index (χ0v) is 17.8. The molecule has 2 heterocycles. The van der Waals surface area contributed by atoms with Crippen LogP contribution in [0.3, 0.4) is 0 Å². The van der Waals surface area contributed by atoms with Gasteiger partial charge in [0.2, 0.25) is 0 Å². The Morgan fingerprint density at radius 3 is 2.45 bits per heavy atom. The highest BCUT2D eigenvalue weighted by Crippen LogP contribution is 2.32. The predicted molar refractivity (Wildman–Crippen MR) is 116 cm³/mol.